The van der Waals surface area contributed by atoms with E-state index in [0.29, 0.717) is 0 Å². The average molecular weight is 181 g/mol. The predicted octanol–water partition coefficient (Wildman–Crippen LogP) is 2.79. The Bertz CT molecular complexity index is 211. The van der Waals surface area contributed by atoms with Crippen molar-refractivity contribution in [3.8, 4) is 6.07 Å². The summed E-state index contributed by atoms with van der Waals surface area (Å²) in [6.07, 6.45) is 5.34. The van der Waals surface area contributed by atoms with Gasteiger partial charge >= 0.3 is 0 Å². The van der Waals surface area contributed by atoms with Crippen LogP contribution in [0.1, 0.15) is 46.5 Å². The maximum Gasteiger partial charge on any atom is 0.0940 e. The first-order valence-corrected chi connectivity index (χ1v) is 4.81. The average Bonchev–Trinajstić information content (AvgIpc) is 2.12. The van der Waals surface area contributed by atoms with Crippen LogP contribution in [0.3, 0.4) is 0 Å². The molecule has 2 heteroatoms. The summed E-state index contributed by atoms with van der Waals surface area (Å²) in [7, 11) is 0. The Morgan fingerprint density at radius 3 is 2.69 bits per heavy atom. The Morgan fingerprint density at radius 1 is 1.62 bits per heavy atom. The molecule has 0 rings (SSSR count). The number of hydrogen-bond acceptors (Lipinski definition) is 2. The molecular weight excluding hydrogens is 162 g/mol. The second-order valence-corrected chi connectivity index (χ2v) is 3.74. The molecule has 1 unspecified atom stereocenters. The monoisotopic (exact) mass is 181 g/mol. The second kappa shape index (κ2) is 5.77. The Hall–Kier alpha value is -0.810. The second-order valence-electron chi connectivity index (χ2n) is 3.74. The van der Waals surface area contributed by atoms with Crippen molar-refractivity contribution in [2.45, 2.75) is 52.1 Å². The zero-order valence-corrected chi connectivity index (χ0v) is 8.80. The van der Waals surface area contributed by atoms with Gasteiger partial charge in [-0.1, -0.05) is 13.0 Å². The fourth-order valence-electron chi connectivity index (χ4n) is 1.02. The molecule has 0 radical (unpaired) electrons. The maximum atomic E-state index is 9.66. The number of nitrogens with zero attached hydrogens (tertiary/aromatic N) is 1. The van der Waals surface area contributed by atoms with Crippen LogP contribution in [0.2, 0.25) is 0 Å². The zero-order valence-electron chi connectivity index (χ0n) is 8.80. The van der Waals surface area contributed by atoms with Gasteiger partial charge in [0.1, 0.15) is 0 Å². The van der Waals surface area contributed by atoms with Crippen molar-refractivity contribution in [2.24, 2.45) is 0 Å². The summed E-state index contributed by atoms with van der Waals surface area (Å²) in [5.74, 6) is 0. The molecule has 1 N–H and O–H groups in total. The van der Waals surface area contributed by atoms with Gasteiger partial charge in [0.05, 0.1) is 11.7 Å². The summed E-state index contributed by atoms with van der Waals surface area (Å²) in [6, 6.07) is 2.08. The summed E-state index contributed by atoms with van der Waals surface area (Å²) in [6.45, 7) is 5.64. The predicted molar refractivity (Wildman–Crippen MR) is 54.1 cm³/mol. The van der Waals surface area contributed by atoms with Crippen molar-refractivity contribution in [2.75, 3.05) is 0 Å². The minimum Gasteiger partial charge on any atom is -0.390 e. The Morgan fingerprint density at radius 2 is 2.23 bits per heavy atom. The first kappa shape index (κ1) is 12.2. The van der Waals surface area contributed by atoms with Crippen LogP contribution in [0, 0.1) is 11.3 Å². The smallest absolute Gasteiger partial charge is 0.0940 e. The Balaban J connectivity index is 3.65. The lowest BCUT2D eigenvalue weighted by Gasteiger charge is -2.20. The molecule has 2 nitrogen and oxygen atoms in total. The van der Waals surface area contributed by atoms with E-state index < -0.39 is 5.60 Å². The molecule has 0 bridgehead atoms. The summed E-state index contributed by atoms with van der Waals surface area (Å²) in [4.78, 5) is 0. The minimum atomic E-state index is -0.533. The SMILES string of the molecule is CCC(C)(O)CCCC=C(C)C#N. The highest BCUT2D eigenvalue weighted by molar-refractivity contribution is 5.16. The van der Waals surface area contributed by atoms with Crippen LogP contribution in [0.15, 0.2) is 11.6 Å². The maximum absolute atomic E-state index is 9.66. The number of aliphatic hydroxyl groups is 1. The number of rotatable bonds is 5. The van der Waals surface area contributed by atoms with E-state index in [4.69, 9.17) is 5.26 Å². The first-order valence-electron chi connectivity index (χ1n) is 4.81. The topological polar surface area (TPSA) is 44.0 Å². The fourth-order valence-corrected chi connectivity index (χ4v) is 1.02. The van der Waals surface area contributed by atoms with E-state index in [1.165, 1.54) is 0 Å². The van der Waals surface area contributed by atoms with Gasteiger partial charge in [-0.05, 0) is 39.5 Å². The van der Waals surface area contributed by atoms with E-state index in [9.17, 15) is 5.11 Å². The van der Waals surface area contributed by atoms with Gasteiger partial charge in [0.25, 0.3) is 0 Å². The molecule has 0 aliphatic carbocycles. The van der Waals surface area contributed by atoms with Crippen LogP contribution in [-0.2, 0) is 0 Å². The fraction of sp³-hybridized carbons (Fsp3) is 0.727. The van der Waals surface area contributed by atoms with E-state index >= 15 is 0 Å². The van der Waals surface area contributed by atoms with Gasteiger partial charge in [-0.15, -0.1) is 0 Å². The van der Waals surface area contributed by atoms with E-state index in [1.807, 2.05) is 19.9 Å². The molecule has 74 valence electrons. The molecule has 0 amide bonds. The largest absolute Gasteiger partial charge is 0.390 e. The van der Waals surface area contributed by atoms with Gasteiger partial charge in [-0.25, -0.2) is 0 Å². The summed E-state index contributed by atoms with van der Waals surface area (Å²) < 4.78 is 0. The first-order chi connectivity index (χ1) is 6.02. The molecule has 13 heavy (non-hydrogen) atoms. The van der Waals surface area contributed by atoms with Gasteiger partial charge in [0.15, 0.2) is 0 Å². The van der Waals surface area contributed by atoms with Crippen LogP contribution in [-0.4, -0.2) is 10.7 Å². The molecule has 0 aromatic carbocycles. The van der Waals surface area contributed by atoms with Crippen molar-refractivity contribution in [1.29, 1.82) is 5.26 Å². The van der Waals surface area contributed by atoms with Gasteiger partial charge in [0.2, 0.25) is 0 Å². The molecule has 0 spiro atoms. The lowest BCUT2D eigenvalue weighted by atomic mass is 9.96. The molecule has 0 aliphatic heterocycles. The van der Waals surface area contributed by atoms with Crippen LogP contribution < -0.4 is 0 Å². The molecule has 0 aromatic heterocycles. The van der Waals surface area contributed by atoms with Crippen molar-refractivity contribution in [1.82, 2.24) is 0 Å². The molecule has 0 saturated heterocycles. The van der Waals surface area contributed by atoms with Crippen molar-refractivity contribution in [3.63, 3.8) is 0 Å². The van der Waals surface area contributed by atoms with E-state index in [0.717, 1.165) is 31.3 Å². The number of unbranched alkanes of at least 4 members (excludes halogenated alkanes) is 1. The molecule has 1 atom stereocenters. The van der Waals surface area contributed by atoms with Crippen LogP contribution >= 0.6 is 0 Å². The van der Waals surface area contributed by atoms with Crippen LogP contribution in [0.4, 0.5) is 0 Å². The van der Waals surface area contributed by atoms with Crippen LogP contribution in [0.25, 0.3) is 0 Å². The van der Waals surface area contributed by atoms with Crippen molar-refractivity contribution >= 4 is 0 Å². The molecular formula is C11H19NO. The molecule has 0 fully saturated rings. The lowest BCUT2D eigenvalue weighted by molar-refractivity contribution is 0.0452. The minimum absolute atomic E-state index is 0.533. The van der Waals surface area contributed by atoms with Gasteiger partial charge in [-0.3, -0.25) is 0 Å². The third-order valence-corrected chi connectivity index (χ3v) is 2.31. The molecule has 0 aliphatic rings. The summed E-state index contributed by atoms with van der Waals surface area (Å²) in [5, 5.41) is 18.1. The Kier molecular flexibility index (Phi) is 5.41. The van der Waals surface area contributed by atoms with E-state index in [1.54, 1.807) is 6.92 Å². The third kappa shape index (κ3) is 6.36. The lowest BCUT2D eigenvalue weighted by Crippen LogP contribution is -2.21. The van der Waals surface area contributed by atoms with Crippen LogP contribution in [0.5, 0.6) is 0 Å². The molecule has 0 saturated carbocycles. The quantitative estimate of drug-likeness (QED) is 0.523. The highest BCUT2D eigenvalue weighted by Gasteiger charge is 2.15. The number of nitriles is 1. The van der Waals surface area contributed by atoms with Crippen molar-refractivity contribution in [3.05, 3.63) is 11.6 Å². The van der Waals surface area contributed by atoms with E-state index in [2.05, 4.69) is 6.07 Å². The van der Waals surface area contributed by atoms with E-state index in [-0.39, 0.29) is 0 Å². The number of allylic oxidation sites excluding steroid dienone is 2. The van der Waals surface area contributed by atoms with Gasteiger partial charge in [0, 0.05) is 5.57 Å². The highest BCUT2D eigenvalue weighted by atomic mass is 16.3. The Labute approximate surface area is 80.9 Å². The van der Waals surface area contributed by atoms with Crippen molar-refractivity contribution < 1.29 is 5.11 Å². The normalized spacial score (nSPS) is 16.4. The summed E-state index contributed by atoms with van der Waals surface area (Å²) >= 11 is 0. The highest BCUT2D eigenvalue weighted by Crippen LogP contribution is 2.17. The van der Waals surface area contributed by atoms with Gasteiger partial charge in [-0.2, -0.15) is 5.26 Å². The zero-order chi connectivity index (χ0) is 10.3. The van der Waals surface area contributed by atoms with Gasteiger partial charge < -0.3 is 5.11 Å². The number of hydrogen-bond donors (Lipinski definition) is 1. The molecule has 0 aromatic rings. The third-order valence-electron chi connectivity index (χ3n) is 2.31. The standard InChI is InChI=1S/C11H19NO/c1-4-11(3,13)8-6-5-7-10(2)9-12/h7,13H,4-6,8H2,1-3H3. The summed E-state index contributed by atoms with van der Waals surface area (Å²) in [5.41, 5.74) is 0.227. The molecule has 0 heterocycles.